The normalized spacial score (nSPS) is 23.1. The molecule has 0 nitrogen and oxygen atoms in total. The van der Waals surface area contributed by atoms with Crippen LogP contribution in [0.15, 0.2) is 48.5 Å². The van der Waals surface area contributed by atoms with E-state index in [2.05, 4.69) is 69.3 Å². The van der Waals surface area contributed by atoms with Crippen LogP contribution >= 0.6 is 7.92 Å². The largest absolute Gasteiger partial charge is 0.0913 e. The predicted molar refractivity (Wildman–Crippen MR) is 113 cm³/mol. The van der Waals surface area contributed by atoms with E-state index in [1.807, 2.05) is 0 Å². The molecule has 2 aromatic carbocycles. The predicted octanol–water partition coefficient (Wildman–Crippen LogP) is 7.94. The molecule has 1 heteroatoms. The van der Waals surface area contributed by atoms with Crippen molar-refractivity contribution < 1.29 is 0 Å². The summed E-state index contributed by atoms with van der Waals surface area (Å²) in [6.07, 6.45) is 9.77. The Balaban J connectivity index is 1.85. The van der Waals surface area contributed by atoms with Crippen LogP contribution in [0.5, 0.6) is 0 Å². The molecule has 0 saturated carbocycles. The van der Waals surface area contributed by atoms with E-state index in [-0.39, 0.29) is 7.92 Å². The maximum absolute atomic E-state index is 2.40. The fraction of sp³-hybridized carbons (Fsp3) is 0.500. The quantitative estimate of drug-likeness (QED) is 0.350. The molecule has 1 heterocycles. The van der Waals surface area contributed by atoms with Gasteiger partial charge in [0, 0.05) is 11.3 Å². The van der Waals surface area contributed by atoms with Gasteiger partial charge in [-0.05, 0) is 61.5 Å². The maximum Gasteiger partial charge on any atom is 0.00502 e. The van der Waals surface area contributed by atoms with E-state index in [0.29, 0.717) is 0 Å². The zero-order valence-corrected chi connectivity index (χ0v) is 17.1. The lowest BCUT2D eigenvalue weighted by atomic mass is 9.99. The van der Waals surface area contributed by atoms with E-state index in [1.54, 1.807) is 11.1 Å². The molecule has 0 N–H and O–H groups in total. The third-order valence-corrected chi connectivity index (χ3v) is 9.39. The van der Waals surface area contributed by atoms with Crippen molar-refractivity contribution in [1.29, 1.82) is 0 Å². The second kappa shape index (κ2) is 9.00. The van der Waals surface area contributed by atoms with E-state index >= 15 is 0 Å². The van der Waals surface area contributed by atoms with Crippen LogP contribution in [-0.4, -0.2) is 6.16 Å². The molecular formula is C24H33P. The van der Waals surface area contributed by atoms with Crippen LogP contribution in [0, 0.1) is 13.8 Å². The molecular weight excluding hydrogens is 319 g/mol. The fourth-order valence-electron chi connectivity index (χ4n) is 4.49. The Morgan fingerprint density at radius 1 is 0.760 bits per heavy atom. The molecule has 0 aliphatic carbocycles. The number of unbranched alkanes of at least 4 members (excludes halogenated alkanes) is 3. The standard InChI is InChI=1S/C24H33P/c1-4-5-6-11-18-25-23(21-14-9-7-12-19(21)2)16-17-24(25)22-15-10-8-13-20(22)3/h7-10,12-15,23-24H,4-6,11,16-18H2,1-3H3. The molecule has 0 amide bonds. The molecule has 0 radical (unpaired) electrons. The van der Waals surface area contributed by atoms with Crippen molar-refractivity contribution in [3.63, 3.8) is 0 Å². The molecule has 0 aromatic heterocycles. The van der Waals surface area contributed by atoms with Gasteiger partial charge in [0.05, 0.1) is 0 Å². The van der Waals surface area contributed by atoms with Gasteiger partial charge in [-0.2, -0.15) is 0 Å². The van der Waals surface area contributed by atoms with Gasteiger partial charge in [-0.25, -0.2) is 0 Å². The highest BCUT2D eigenvalue weighted by molar-refractivity contribution is 7.58. The molecule has 2 atom stereocenters. The van der Waals surface area contributed by atoms with Crippen molar-refractivity contribution in [3.8, 4) is 0 Å². The topological polar surface area (TPSA) is 0 Å². The summed E-state index contributed by atoms with van der Waals surface area (Å²) < 4.78 is 0. The zero-order valence-electron chi connectivity index (χ0n) is 16.2. The van der Waals surface area contributed by atoms with E-state index in [1.165, 1.54) is 55.8 Å². The second-order valence-electron chi connectivity index (χ2n) is 7.62. The van der Waals surface area contributed by atoms with Crippen LogP contribution in [0.1, 0.15) is 79.0 Å². The van der Waals surface area contributed by atoms with Gasteiger partial charge in [0.15, 0.2) is 0 Å². The smallest absolute Gasteiger partial charge is 0.00502 e. The van der Waals surface area contributed by atoms with Crippen molar-refractivity contribution in [2.24, 2.45) is 0 Å². The monoisotopic (exact) mass is 352 g/mol. The van der Waals surface area contributed by atoms with Crippen LogP contribution in [0.4, 0.5) is 0 Å². The second-order valence-corrected chi connectivity index (χ2v) is 10.3. The number of hydrogen-bond donors (Lipinski definition) is 0. The summed E-state index contributed by atoms with van der Waals surface area (Å²) in [7, 11) is 0.0264. The molecule has 1 fully saturated rings. The summed E-state index contributed by atoms with van der Waals surface area (Å²) in [5, 5.41) is 0. The minimum Gasteiger partial charge on any atom is -0.0913 e. The van der Waals surface area contributed by atoms with Crippen LogP contribution in [0.3, 0.4) is 0 Å². The SMILES string of the molecule is CCCCCCP1C(c2ccccc2C)CCC1c1ccccc1C. The average molecular weight is 353 g/mol. The molecule has 134 valence electrons. The Morgan fingerprint density at radius 3 is 1.76 bits per heavy atom. The Hall–Kier alpha value is -1.13. The zero-order chi connectivity index (χ0) is 17.6. The van der Waals surface area contributed by atoms with Crippen molar-refractivity contribution in [3.05, 3.63) is 70.8 Å². The lowest BCUT2D eigenvalue weighted by Gasteiger charge is -2.28. The average Bonchev–Trinajstić information content (AvgIpc) is 3.03. The van der Waals surface area contributed by atoms with Crippen LogP contribution < -0.4 is 0 Å². The van der Waals surface area contributed by atoms with Gasteiger partial charge in [-0.3, -0.25) is 0 Å². The summed E-state index contributed by atoms with van der Waals surface area (Å²) in [5.41, 5.74) is 7.89. The van der Waals surface area contributed by atoms with Gasteiger partial charge in [0.2, 0.25) is 0 Å². The number of rotatable bonds is 7. The minimum atomic E-state index is 0.0264. The Morgan fingerprint density at radius 2 is 1.28 bits per heavy atom. The lowest BCUT2D eigenvalue weighted by molar-refractivity contribution is 0.703. The van der Waals surface area contributed by atoms with Crippen molar-refractivity contribution >= 4 is 7.92 Å². The third-order valence-electron chi connectivity index (χ3n) is 5.88. The molecule has 25 heavy (non-hydrogen) atoms. The number of aryl methyl sites for hydroxylation is 2. The van der Waals surface area contributed by atoms with Crippen molar-refractivity contribution in [2.45, 2.75) is 70.6 Å². The summed E-state index contributed by atoms with van der Waals surface area (Å²) in [6, 6.07) is 18.3. The summed E-state index contributed by atoms with van der Waals surface area (Å²) in [5.74, 6) is 0. The first-order chi connectivity index (χ1) is 12.2. The Bertz CT molecular complexity index is 622. The molecule has 0 bridgehead atoms. The van der Waals surface area contributed by atoms with Crippen molar-refractivity contribution in [2.75, 3.05) is 6.16 Å². The lowest BCUT2D eigenvalue weighted by Crippen LogP contribution is -2.01. The molecule has 3 rings (SSSR count). The molecule has 1 aliphatic rings. The first kappa shape index (κ1) is 18.7. The molecule has 2 unspecified atom stereocenters. The summed E-state index contributed by atoms with van der Waals surface area (Å²) >= 11 is 0. The Labute approximate surface area is 155 Å². The molecule has 1 aliphatic heterocycles. The van der Waals surface area contributed by atoms with Gasteiger partial charge in [0.1, 0.15) is 0 Å². The van der Waals surface area contributed by atoms with Crippen LogP contribution in [-0.2, 0) is 0 Å². The Kier molecular flexibility index (Phi) is 6.71. The molecule has 1 saturated heterocycles. The van der Waals surface area contributed by atoms with Gasteiger partial charge in [0.25, 0.3) is 0 Å². The molecule has 0 spiro atoms. The number of hydrogen-bond acceptors (Lipinski definition) is 0. The van der Waals surface area contributed by atoms with Gasteiger partial charge in [-0.15, -0.1) is 0 Å². The van der Waals surface area contributed by atoms with Gasteiger partial charge in [-0.1, -0.05) is 82.6 Å². The summed E-state index contributed by atoms with van der Waals surface area (Å²) in [4.78, 5) is 0. The highest BCUT2D eigenvalue weighted by atomic mass is 31.1. The molecule has 2 aromatic rings. The minimum absolute atomic E-state index is 0.0264. The third kappa shape index (κ3) is 4.35. The first-order valence-electron chi connectivity index (χ1n) is 10.1. The van der Waals surface area contributed by atoms with E-state index in [9.17, 15) is 0 Å². The summed E-state index contributed by atoms with van der Waals surface area (Å²) in [6.45, 7) is 6.93. The van der Waals surface area contributed by atoms with Crippen LogP contribution in [0.25, 0.3) is 0 Å². The van der Waals surface area contributed by atoms with E-state index in [4.69, 9.17) is 0 Å². The van der Waals surface area contributed by atoms with Gasteiger partial charge < -0.3 is 0 Å². The number of benzene rings is 2. The van der Waals surface area contributed by atoms with Gasteiger partial charge >= 0.3 is 0 Å². The highest BCUT2D eigenvalue weighted by Gasteiger charge is 2.37. The van der Waals surface area contributed by atoms with Crippen molar-refractivity contribution in [1.82, 2.24) is 0 Å². The van der Waals surface area contributed by atoms with E-state index < -0.39 is 0 Å². The first-order valence-corrected chi connectivity index (χ1v) is 11.8. The van der Waals surface area contributed by atoms with E-state index in [0.717, 1.165) is 11.3 Å². The highest BCUT2D eigenvalue weighted by Crippen LogP contribution is 2.71. The fourth-order valence-corrected chi connectivity index (χ4v) is 8.39. The maximum atomic E-state index is 2.40. The van der Waals surface area contributed by atoms with Crippen LogP contribution in [0.2, 0.25) is 0 Å².